The topological polar surface area (TPSA) is 72.5 Å². The highest BCUT2D eigenvalue weighted by Gasteiger charge is 2.31. The van der Waals surface area contributed by atoms with Crippen LogP contribution in [-0.4, -0.2) is 31.3 Å². The molecule has 0 bridgehead atoms. The van der Waals surface area contributed by atoms with Crippen LogP contribution < -0.4 is 5.73 Å². The summed E-state index contributed by atoms with van der Waals surface area (Å²) in [6.45, 7) is 1.80. The molecule has 0 aromatic rings. The van der Waals surface area contributed by atoms with E-state index in [2.05, 4.69) is 0 Å². The Morgan fingerprint density at radius 3 is 2.40 bits per heavy atom. The van der Waals surface area contributed by atoms with Crippen LogP contribution in [0.5, 0.6) is 0 Å². The molecule has 0 aromatic carbocycles. The Morgan fingerprint density at radius 1 is 1.80 bits per heavy atom. The van der Waals surface area contributed by atoms with Crippen LogP contribution in [0.25, 0.3) is 0 Å². The molecule has 1 atom stereocenters. The van der Waals surface area contributed by atoms with E-state index >= 15 is 0 Å². The maximum Gasteiger partial charge on any atom is 0.313 e. The number of ether oxygens (including phenoxy) is 1. The van der Waals surface area contributed by atoms with Crippen molar-refractivity contribution in [3.05, 3.63) is 0 Å². The van der Waals surface area contributed by atoms with Gasteiger partial charge in [-0.1, -0.05) is 0 Å². The van der Waals surface area contributed by atoms with Crippen LogP contribution in [0.2, 0.25) is 0 Å². The number of carbonyl (C=O) groups is 1. The summed E-state index contributed by atoms with van der Waals surface area (Å²) in [5.41, 5.74) is 4.30. The SMILES string of the molecule is COCC(C)(CN)C(=O)O. The molecule has 0 fully saturated rings. The van der Waals surface area contributed by atoms with Crippen LogP contribution in [-0.2, 0) is 9.53 Å². The molecular formula is C6H13NO3. The lowest BCUT2D eigenvalue weighted by molar-refractivity contribution is -0.150. The van der Waals surface area contributed by atoms with Gasteiger partial charge >= 0.3 is 5.97 Å². The fraction of sp³-hybridized carbons (Fsp3) is 0.833. The first-order valence-electron chi connectivity index (χ1n) is 2.99. The Kier molecular flexibility index (Phi) is 3.32. The minimum atomic E-state index is -0.936. The summed E-state index contributed by atoms with van der Waals surface area (Å²) in [4.78, 5) is 10.5. The van der Waals surface area contributed by atoms with E-state index in [-0.39, 0.29) is 13.2 Å². The summed E-state index contributed by atoms with van der Waals surface area (Å²) in [6.07, 6.45) is 0. The molecule has 0 aliphatic heterocycles. The predicted octanol–water partition coefficient (Wildman–Crippen LogP) is -0.318. The van der Waals surface area contributed by atoms with Gasteiger partial charge in [0.2, 0.25) is 0 Å². The van der Waals surface area contributed by atoms with Gasteiger partial charge in [0, 0.05) is 13.7 Å². The van der Waals surface area contributed by atoms with Gasteiger partial charge < -0.3 is 15.6 Å². The molecule has 0 saturated carbocycles. The van der Waals surface area contributed by atoms with Crippen LogP contribution in [0.15, 0.2) is 0 Å². The number of methoxy groups -OCH3 is 1. The lowest BCUT2D eigenvalue weighted by atomic mass is 9.92. The Hall–Kier alpha value is -0.610. The molecule has 0 heterocycles. The van der Waals surface area contributed by atoms with Gasteiger partial charge in [0.25, 0.3) is 0 Å². The molecule has 0 spiro atoms. The average Bonchev–Trinajstić information content (AvgIpc) is 1.88. The number of carboxylic acid groups (broad SMARTS) is 1. The second-order valence-electron chi connectivity index (χ2n) is 2.50. The molecule has 0 amide bonds. The molecule has 0 rings (SSSR count). The first-order chi connectivity index (χ1) is 4.56. The van der Waals surface area contributed by atoms with Gasteiger partial charge in [-0.3, -0.25) is 4.79 Å². The minimum absolute atomic E-state index is 0.0934. The zero-order valence-electron chi connectivity index (χ0n) is 6.26. The predicted molar refractivity (Wildman–Crippen MR) is 36.7 cm³/mol. The number of aliphatic carboxylic acids is 1. The third-order valence-corrected chi connectivity index (χ3v) is 1.43. The molecule has 3 N–H and O–H groups in total. The Morgan fingerprint density at radius 2 is 2.30 bits per heavy atom. The maximum absolute atomic E-state index is 10.5. The number of carboxylic acids is 1. The standard InChI is InChI=1S/C6H13NO3/c1-6(3-7,4-10-2)5(8)9/h3-4,7H2,1-2H3,(H,8,9). The summed E-state index contributed by atoms with van der Waals surface area (Å²) in [7, 11) is 1.46. The normalized spacial score (nSPS) is 16.3. The summed E-state index contributed by atoms with van der Waals surface area (Å²) in [5.74, 6) is -0.920. The molecule has 0 radical (unpaired) electrons. The molecule has 0 aliphatic rings. The Labute approximate surface area is 60.0 Å². The lowest BCUT2D eigenvalue weighted by Crippen LogP contribution is -2.39. The van der Waals surface area contributed by atoms with Crippen molar-refractivity contribution in [2.75, 3.05) is 20.3 Å². The second kappa shape index (κ2) is 3.53. The Balaban J connectivity index is 4.08. The minimum Gasteiger partial charge on any atom is -0.481 e. The zero-order chi connectivity index (χ0) is 8.20. The average molecular weight is 147 g/mol. The van der Waals surface area contributed by atoms with E-state index in [1.54, 1.807) is 6.92 Å². The van der Waals surface area contributed by atoms with E-state index in [0.29, 0.717) is 0 Å². The largest absolute Gasteiger partial charge is 0.481 e. The fourth-order valence-corrected chi connectivity index (χ4v) is 0.527. The highest BCUT2D eigenvalue weighted by molar-refractivity contribution is 5.74. The van der Waals surface area contributed by atoms with Crippen molar-refractivity contribution in [3.8, 4) is 0 Å². The molecule has 60 valence electrons. The maximum atomic E-state index is 10.5. The monoisotopic (exact) mass is 147 g/mol. The van der Waals surface area contributed by atoms with Crippen LogP contribution in [0.1, 0.15) is 6.92 Å². The molecule has 4 nitrogen and oxygen atoms in total. The molecular weight excluding hydrogens is 134 g/mol. The Bertz CT molecular complexity index is 126. The molecule has 1 unspecified atom stereocenters. The highest BCUT2D eigenvalue weighted by Crippen LogP contribution is 2.13. The summed E-state index contributed by atoms with van der Waals surface area (Å²) in [6, 6.07) is 0. The van der Waals surface area contributed by atoms with E-state index < -0.39 is 11.4 Å². The summed E-state index contributed by atoms with van der Waals surface area (Å²) in [5, 5.41) is 8.60. The van der Waals surface area contributed by atoms with Crippen molar-refractivity contribution >= 4 is 5.97 Å². The van der Waals surface area contributed by atoms with E-state index in [1.165, 1.54) is 7.11 Å². The van der Waals surface area contributed by atoms with Gasteiger partial charge in [-0.05, 0) is 6.92 Å². The van der Waals surface area contributed by atoms with Gasteiger partial charge in [-0.25, -0.2) is 0 Å². The van der Waals surface area contributed by atoms with Crippen molar-refractivity contribution in [2.24, 2.45) is 11.1 Å². The van der Waals surface area contributed by atoms with E-state index in [9.17, 15) is 4.79 Å². The van der Waals surface area contributed by atoms with Gasteiger partial charge in [-0.2, -0.15) is 0 Å². The second-order valence-corrected chi connectivity index (χ2v) is 2.50. The number of rotatable bonds is 4. The van der Waals surface area contributed by atoms with Crippen LogP contribution in [0, 0.1) is 5.41 Å². The van der Waals surface area contributed by atoms with Gasteiger partial charge in [0.05, 0.1) is 6.61 Å². The fourth-order valence-electron chi connectivity index (χ4n) is 0.527. The first kappa shape index (κ1) is 9.39. The van der Waals surface area contributed by atoms with Crippen molar-refractivity contribution in [3.63, 3.8) is 0 Å². The summed E-state index contributed by atoms with van der Waals surface area (Å²) >= 11 is 0. The van der Waals surface area contributed by atoms with Crippen LogP contribution in [0.3, 0.4) is 0 Å². The molecule has 0 aliphatic carbocycles. The van der Waals surface area contributed by atoms with Crippen molar-refractivity contribution in [1.29, 1.82) is 0 Å². The lowest BCUT2D eigenvalue weighted by Gasteiger charge is -2.20. The molecule has 10 heavy (non-hydrogen) atoms. The van der Waals surface area contributed by atoms with Crippen molar-refractivity contribution in [1.82, 2.24) is 0 Å². The van der Waals surface area contributed by atoms with Gasteiger partial charge in [0.1, 0.15) is 5.41 Å². The summed E-state index contributed by atoms with van der Waals surface area (Å²) < 4.78 is 4.70. The van der Waals surface area contributed by atoms with E-state index in [1.807, 2.05) is 0 Å². The van der Waals surface area contributed by atoms with Crippen LogP contribution >= 0.6 is 0 Å². The van der Waals surface area contributed by atoms with Crippen molar-refractivity contribution in [2.45, 2.75) is 6.92 Å². The zero-order valence-corrected chi connectivity index (χ0v) is 6.26. The smallest absolute Gasteiger partial charge is 0.313 e. The van der Waals surface area contributed by atoms with Crippen molar-refractivity contribution < 1.29 is 14.6 Å². The van der Waals surface area contributed by atoms with Crippen LogP contribution in [0.4, 0.5) is 0 Å². The number of nitrogens with two attached hydrogens (primary N) is 1. The van der Waals surface area contributed by atoms with E-state index in [4.69, 9.17) is 15.6 Å². The van der Waals surface area contributed by atoms with E-state index in [0.717, 1.165) is 0 Å². The molecule has 0 saturated heterocycles. The molecule has 0 aromatic heterocycles. The third kappa shape index (κ3) is 1.97. The molecule has 4 heteroatoms. The number of hydrogen-bond donors (Lipinski definition) is 2. The van der Waals surface area contributed by atoms with Gasteiger partial charge in [-0.15, -0.1) is 0 Å². The quantitative estimate of drug-likeness (QED) is 0.571. The highest BCUT2D eigenvalue weighted by atomic mass is 16.5. The first-order valence-corrected chi connectivity index (χ1v) is 2.99. The number of hydrogen-bond acceptors (Lipinski definition) is 3. The van der Waals surface area contributed by atoms with Gasteiger partial charge in [0.15, 0.2) is 0 Å². The third-order valence-electron chi connectivity index (χ3n) is 1.43.